The molecule has 1 aliphatic rings. The normalized spacial score (nSPS) is 32.6. The van der Waals surface area contributed by atoms with Gasteiger partial charge in [-0.3, -0.25) is 0 Å². The van der Waals surface area contributed by atoms with Crippen LogP contribution in [0.15, 0.2) is 12.2 Å². The third-order valence-electron chi connectivity index (χ3n) is 2.25. The van der Waals surface area contributed by atoms with E-state index in [0.29, 0.717) is 0 Å². The summed E-state index contributed by atoms with van der Waals surface area (Å²) in [6, 6.07) is 0. The molecule has 1 heteroatoms. The van der Waals surface area contributed by atoms with Crippen molar-refractivity contribution in [2.24, 2.45) is 5.73 Å². The average Bonchev–Trinajstić information content (AvgIpc) is 1.89. The van der Waals surface area contributed by atoms with E-state index in [1.165, 1.54) is 25.7 Å². The van der Waals surface area contributed by atoms with Gasteiger partial charge in [0.15, 0.2) is 0 Å². The molecule has 0 bridgehead atoms. The molecule has 0 aromatic carbocycles. The highest BCUT2D eigenvalue weighted by molar-refractivity contribution is 5.00. The largest absolute Gasteiger partial charge is 0.325 e. The molecule has 0 aromatic heterocycles. The van der Waals surface area contributed by atoms with Gasteiger partial charge in [-0.2, -0.15) is 0 Å². The van der Waals surface area contributed by atoms with E-state index in [9.17, 15) is 0 Å². The maximum atomic E-state index is 6.12. The summed E-state index contributed by atoms with van der Waals surface area (Å²) in [7, 11) is 0. The SMILES string of the molecule is CCCC1(N)CC=CCC1. The predicted octanol–water partition coefficient (Wildman–Crippen LogP) is 2.22. The molecular weight excluding hydrogens is 122 g/mol. The third-order valence-corrected chi connectivity index (χ3v) is 2.25. The van der Waals surface area contributed by atoms with Crippen molar-refractivity contribution in [3.63, 3.8) is 0 Å². The topological polar surface area (TPSA) is 26.0 Å². The number of nitrogens with two attached hydrogens (primary N) is 1. The monoisotopic (exact) mass is 139 g/mol. The predicted molar refractivity (Wildman–Crippen MR) is 44.8 cm³/mol. The maximum Gasteiger partial charge on any atom is 0.0192 e. The fourth-order valence-corrected chi connectivity index (χ4v) is 1.63. The van der Waals surface area contributed by atoms with Crippen LogP contribution in [-0.4, -0.2) is 5.54 Å². The van der Waals surface area contributed by atoms with Crippen LogP contribution in [0.5, 0.6) is 0 Å². The summed E-state index contributed by atoms with van der Waals surface area (Å²) in [5.41, 5.74) is 6.26. The van der Waals surface area contributed by atoms with Crippen molar-refractivity contribution in [2.45, 2.75) is 44.6 Å². The number of rotatable bonds is 2. The Morgan fingerprint density at radius 2 is 2.30 bits per heavy atom. The zero-order chi connectivity index (χ0) is 7.45. The Bertz CT molecular complexity index is 129. The van der Waals surface area contributed by atoms with Gasteiger partial charge in [0.2, 0.25) is 0 Å². The van der Waals surface area contributed by atoms with Crippen LogP contribution in [0.3, 0.4) is 0 Å². The second kappa shape index (κ2) is 3.20. The first-order chi connectivity index (χ1) is 4.77. The lowest BCUT2D eigenvalue weighted by molar-refractivity contribution is 0.357. The van der Waals surface area contributed by atoms with Gasteiger partial charge >= 0.3 is 0 Å². The second-order valence-corrected chi connectivity index (χ2v) is 3.33. The number of hydrogen-bond acceptors (Lipinski definition) is 1. The van der Waals surface area contributed by atoms with E-state index in [2.05, 4.69) is 19.1 Å². The van der Waals surface area contributed by atoms with Gasteiger partial charge in [0.1, 0.15) is 0 Å². The van der Waals surface area contributed by atoms with Gasteiger partial charge in [0.05, 0.1) is 0 Å². The lowest BCUT2D eigenvalue weighted by Crippen LogP contribution is -2.40. The van der Waals surface area contributed by atoms with Crippen LogP contribution in [0.4, 0.5) is 0 Å². The molecule has 0 aromatic rings. The average molecular weight is 139 g/mol. The first-order valence-corrected chi connectivity index (χ1v) is 4.21. The van der Waals surface area contributed by atoms with Gasteiger partial charge in [-0.15, -0.1) is 0 Å². The lowest BCUT2D eigenvalue weighted by atomic mass is 9.83. The van der Waals surface area contributed by atoms with E-state index in [1.54, 1.807) is 0 Å². The molecule has 0 fully saturated rings. The Morgan fingerprint density at radius 3 is 2.80 bits per heavy atom. The molecule has 1 unspecified atom stereocenters. The van der Waals surface area contributed by atoms with E-state index in [0.717, 1.165) is 6.42 Å². The molecule has 1 nitrogen and oxygen atoms in total. The molecule has 0 spiro atoms. The van der Waals surface area contributed by atoms with Crippen LogP contribution in [0.1, 0.15) is 39.0 Å². The second-order valence-electron chi connectivity index (χ2n) is 3.33. The van der Waals surface area contributed by atoms with E-state index in [4.69, 9.17) is 5.73 Å². The highest BCUT2D eigenvalue weighted by Crippen LogP contribution is 2.24. The quantitative estimate of drug-likeness (QED) is 0.583. The van der Waals surface area contributed by atoms with Crippen LogP contribution >= 0.6 is 0 Å². The molecule has 1 aliphatic carbocycles. The first kappa shape index (κ1) is 7.80. The summed E-state index contributed by atoms with van der Waals surface area (Å²) >= 11 is 0. The number of allylic oxidation sites excluding steroid dienone is 1. The summed E-state index contributed by atoms with van der Waals surface area (Å²) in [6.07, 6.45) is 10.3. The van der Waals surface area contributed by atoms with Gasteiger partial charge in [0.25, 0.3) is 0 Å². The zero-order valence-corrected chi connectivity index (χ0v) is 6.77. The van der Waals surface area contributed by atoms with Gasteiger partial charge in [-0.05, 0) is 25.7 Å². The van der Waals surface area contributed by atoms with Gasteiger partial charge in [0, 0.05) is 5.54 Å². The molecule has 0 saturated heterocycles. The molecule has 0 amide bonds. The molecule has 0 heterocycles. The van der Waals surface area contributed by atoms with Crippen LogP contribution in [0, 0.1) is 0 Å². The van der Waals surface area contributed by atoms with Gasteiger partial charge in [-0.1, -0.05) is 25.5 Å². The number of hydrogen-bond donors (Lipinski definition) is 1. The Hall–Kier alpha value is -0.300. The molecule has 2 N–H and O–H groups in total. The standard InChI is InChI=1S/C9H17N/c1-2-6-9(10)7-4-3-5-8-9/h3-4H,2,5-8,10H2,1H3. The molecular formula is C9H17N. The van der Waals surface area contributed by atoms with Crippen molar-refractivity contribution < 1.29 is 0 Å². The molecule has 0 saturated carbocycles. The fourth-order valence-electron chi connectivity index (χ4n) is 1.63. The zero-order valence-electron chi connectivity index (χ0n) is 6.77. The first-order valence-electron chi connectivity index (χ1n) is 4.21. The minimum Gasteiger partial charge on any atom is -0.325 e. The maximum absolute atomic E-state index is 6.12. The highest BCUT2D eigenvalue weighted by atomic mass is 14.7. The molecule has 0 radical (unpaired) electrons. The highest BCUT2D eigenvalue weighted by Gasteiger charge is 2.23. The van der Waals surface area contributed by atoms with Crippen LogP contribution < -0.4 is 5.73 Å². The molecule has 58 valence electrons. The Labute approximate surface area is 63.3 Å². The Morgan fingerprint density at radius 1 is 1.50 bits per heavy atom. The summed E-state index contributed by atoms with van der Waals surface area (Å²) in [6.45, 7) is 2.20. The Balaban J connectivity index is 2.43. The molecule has 10 heavy (non-hydrogen) atoms. The van der Waals surface area contributed by atoms with Crippen molar-refractivity contribution in [1.29, 1.82) is 0 Å². The summed E-state index contributed by atoms with van der Waals surface area (Å²) in [5, 5.41) is 0. The van der Waals surface area contributed by atoms with Crippen molar-refractivity contribution in [2.75, 3.05) is 0 Å². The van der Waals surface area contributed by atoms with Crippen LogP contribution in [-0.2, 0) is 0 Å². The van der Waals surface area contributed by atoms with E-state index >= 15 is 0 Å². The van der Waals surface area contributed by atoms with Gasteiger partial charge in [-0.25, -0.2) is 0 Å². The third kappa shape index (κ3) is 1.84. The van der Waals surface area contributed by atoms with Crippen molar-refractivity contribution in [3.05, 3.63) is 12.2 Å². The van der Waals surface area contributed by atoms with Crippen LogP contribution in [0.25, 0.3) is 0 Å². The smallest absolute Gasteiger partial charge is 0.0192 e. The lowest BCUT2D eigenvalue weighted by Gasteiger charge is -2.30. The van der Waals surface area contributed by atoms with Crippen molar-refractivity contribution in [1.82, 2.24) is 0 Å². The van der Waals surface area contributed by atoms with E-state index < -0.39 is 0 Å². The summed E-state index contributed by atoms with van der Waals surface area (Å²) < 4.78 is 0. The fraction of sp³-hybridized carbons (Fsp3) is 0.778. The van der Waals surface area contributed by atoms with E-state index in [-0.39, 0.29) is 5.54 Å². The molecule has 1 atom stereocenters. The minimum atomic E-state index is 0.142. The van der Waals surface area contributed by atoms with Crippen LogP contribution in [0.2, 0.25) is 0 Å². The summed E-state index contributed by atoms with van der Waals surface area (Å²) in [5.74, 6) is 0. The minimum absolute atomic E-state index is 0.142. The van der Waals surface area contributed by atoms with E-state index in [1.807, 2.05) is 0 Å². The van der Waals surface area contributed by atoms with Crippen molar-refractivity contribution >= 4 is 0 Å². The molecule has 1 rings (SSSR count). The Kier molecular flexibility index (Phi) is 2.50. The van der Waals surface area contributed by atoms with Crippen molar-refractivity contribution in [3.8, 4) is 0 Å². The molecule has 0 aliphatic heterocycles. The summed E-state index contributed by atoms with van der Waals surface area (Å²) in [4.78, 5) is 0. The van der Waals surface area contributed by atoms with Gasteiger partial charge < -0.3 is 5.73 Å².